The summed E-state index contributed by atoms with van der Waals surface area (Å²) in [5.41, 5.74) is 1.20. The lowest BCUT2D eigenvalue weighted by Gasteiger charge is -2.34. The molecule has 0 aliphatic carbocycles. The molecule has 1 aromatic carbocycles. The van der Waals surface area contributed by atoms with Crippen molar-refractivity contribution in [1.82, 2.24) is 20.4 Å². The molecule has 3 rings (SSSR count). The SMILES string of the molecule is CC(=O)N1CCN(c2ccc(C(=O)NCCc3ccc(F)cc3)nn2)CC1. The van der Waals surface area contributed by atoms with Gasteiger partial charge >= 0.3 is 0 Å². The van der Waals surface area contributed by atoms with Crippen molar-refractivity contribution in [3.05, 3.63) is 53.5 Å². The molecule has 2 amide bonds. The van der Waals surface area contributed by atoms with Crippen molar-refractivity contribution in [2.75, 3.05) is 37.6 Å². The molecule has 1 saturated heterocycles. The van der Waals surface area contributed by atoms with Crippen LogP contribution in [0.2, 0.25) is 0 Å². The maximum atomic E-state index is 12.9. The highest BCUT2D eigenvalue weighted by Crippen LogP contribution is 2.13. The number of benzene rings is 1. The van der Waals surface area contributed by atoms with E-state index in [1.54, 1.807) is 36.1 Å². The van der Waals surface area contributed by atoms with Crippen LogP contribution in [0.4, 0.5) is 10.2 Å². The fourth-order valence-corrected chi connectivity index (χ4v) is 2.93. The van der Waals surface area contributed by atoms with Crippen LogP contribution in [0, 0.1) is 5.82 Å². The maximum Gasteiger partial charge on any atom is 0.271 e. The molecule has 0 spiro atoms. The van der Waals surface area contributed by atoms with E-state index in [-0.39, 0.29) is 23.3 Å². The van der Waals surface area contributed by atoms with E-state index < -0.39 is 0 Å². The van der Waals surface area contributed by atoms with Crippen LogP contribution in [0.5, 0.6) is 0 Å². The number of hydrogen-bond acceptors (Lipinski definition) is 5. The molecule has 7 nitrogen and oxygen atoms in total. The van der Waals surface area contributed by atoms with Crippen LogP contribution in [-0.2, 0) is 11.2 Å². The van der Waals surface area contributed by atoms with Gasteiger partial charge in [0.05, 0.1) is 0 Å². The lowest BCUT2D eigenvalue weighted by Crippen LogP contribution is -2.48. The first-order valence-electron chi connectivity index (χ1n) is 8.90. The molecule has 1 aliphatic rings. The van der Waals surface area contributed by atoms with Gasteiger partial charge in [-0.05, 0) is 36.2 Å². The van der Waals surface area contributed by atoms with Gasteiger partial charge in [-0.2, -0.15) is 0 Å². The number of carbonyl (C=O) groups excluding carboxylic acids is 2. The average Bonchev–Trinajstić information content (AvgIpc) is 2.69. The van der Waals surface area contributed by atoms with Gasteiger partial charge in [-0.25, -0.2) is 4.39 Å². The zero-order valence-electron chi connectivity index (χ0n) is 15.2. The average molecular weight is 371 g/mol. The molecule has 27 heavy (non-hydrogen) atoms. The highest BCUT2D eigenvalue weighted by atomic mass is 19.1. The summed E-state index contributed by atoms with van der Waals surface area (Å²) in [6, 6.07) is 9.61. The van der Waals surface area contributed by atoms with Crippen molar-refractivity contribution < 1.29 is 14.0 Å². The summed E-state index contributed by atoms with van der Waals surface area (Å²) >= 11 is 0. The summed E-state index contributed by atoms with van der Waals surface area (Å²) in [5, 5.41) is 10.9. The highest BCUT2D eigenvalue weighted by molar-refractivity contribution is 5.92. The van der Waals surface area contributed by atoms with Gasteiger partial charge in [0.1, 0.15) is 5.82 Å². The van der Waals surface area contributed by atoms with E-state index in [1.807, 2.05) is 4.90 Å². The van der Waals surface area contributed by atoms with Crippen LogP contribution in [0.25, 0.3) is 0 Å². The van der Waals surface area contributed by atoms with Gasteiger partial charge in [-0.15, -0.1) is 10.2 Å². The molecule has 2 aromatic rings. The Morgan fingerprint density at radius 3 is 2.33 bits per heavy atom. The molecule has 1 N–H and O–H groups in total. The summed E-state index contributed by atoms with van der Waals surface area (Å²) in [4.78, 5) is 27.4. The molecule has 142 valence electrons. The van der Waals surface area contributed by atoms with E-state index >= 15 is 0 Å². The van der Waals surface area contributed by atoms with E-state index in [1.165, 1.54) is 12.1 Å². The number of anilines is 1. The number of amides is 2. The van der Waals surface area contributed by atoms with Crippen LogP contribution in [0.1, 0.15) is 23.0 Å². The van der Waals surface area contributed by atoms with E-state index in [2.05, 4.69) is 15.5 Å². The van der Waals surface area contributed by atoms with Gasteiger partial charge in [0.25, 0.3) is 5.91 Å². The number of nitrogens with zero attached hydrogens (tertiary/aromatic N) is 4. The molecule has 2 heterocycles. The van der Waals surface area contributed by atoms with Gasteiger partial charge in [-0.3, -0.25) is 9.59 Å². The molecule has 1 aromatic heterocycles. The largest absolute Gasteiger partial charge is 0.352 e. The molecule has 8 heteroatoms. The quantitative estimate of drug-likeness (QED) is 0.856. The second-order valence-corrected chi connectivity index (χ2v) is 6.40. The van der Waals surface area contributed by atoms with Gasteiger partial charge in [-0.1, -0.05) is 12.1 Å². The van der Waals surface area contributed by atoms with Gasteiger partial charge in [0.15, 0.2) is 11.5 Å². The zero-order valence-corrected chi connectivity index (χ0v) is 15.2. The molecular formula is C19H22FN5O2. The smallest absolute Gasteiger partial charge is 0.271 e. The van der Waals surface area contributed by atoms with Crippen LogP contribution >= 0.6 is 0 Å². The van der Waals surface area contributed by atoms with Crippen molar-refractivity contribution >= 4 is 17.6 Å². The van der Waals surface area contributed by atoms with Crippen LogP contribution < -0.4 is 10.2 Å². The minimum atomic E-state index is -0.294. The molecule has 0 radical (unpaired) electrons. The number of hydrogen-bond donors (Lipinski definition) is 1. The van der Waals surface area contributed by atoms with Crippen molar-refractivity contribution in [3.63, 3.8) is 0 Å². The molecule has 0 atom stereocenters. The summed E-state index contributed by atoms with van der Waals surface area (Å²) in [6.07, 6.45) is 0.609. The Labute approximate surface area is 157 Å². The van der Waals surface area contributed by atoms with Crippen molar-refractivity contribution in [1.29, 1.82) is 0 Å². The van der Waals surface area contributed by atoms with E-state index in [0.29, 0.717) is 45.0 Å². The van der Waals surface area contributed by atoms with E-state index in [9.17, 15) is 14.0 Å². The molecule has 0 unspecified atom stereocenters. The molecule has 0 bridgehead atoms. The number of piperazine rings is 1. The van der Waals surface area contributed by atoms with E-state index in [4.69, 9.17) is 0 Å². The Morgan fingerprint density at radius 1 is 1.04 bits per heavy atom. The number of halogens is 1. The highest BCUT2D eigenvalue weighted by Gasteiger charge is 2.20. The lowest BCUT2D eigenvalue weighted by molar-refractivity contribution is -0.129. The molecule has 1 aliphatic heterocycles. The monoisotopic (exact) mass is 371 g/mol. The minimum Gasteiger partial charge on any atom is -0.352 e. The van der Waals surface area contributed by atoms with Gasteiger partial charge < -0.3 is 15.1 Å². The predicted octanol–water partition coefficient (Wildman–Crippen LogP) is 1.26. The van der Waals surface area contributed by atoms with E-state index in [0.717, 1.165) is 5.56 Å². The first-order valence-corrected chi connectivity index (χ1v) is 8.90. The third-order valence-electron chi connectivity index (χ3n) is 4.54. The van der Waals surface area contributed by atoms with Crippen LogP contribution in [0.3, 0.4) is 0 Å². The first kappa shape index (κ1) is 18.8. The fourth-order valence-electron chi connectivity index (χ4n) is 2.93. The zero-order chi connectivity index (χ0) is 19.2. The second-order valence-electron chi connectivity index (χ2n) is 6.40. The maximum absolute atomic E-state index is 12.9. The summed E-state index contributed by atoms with van der Waals surface area (Å²) in [6.45, 7) is 4.69. The summed E-state index contributed by atoms with van der Waals surface area (Å²) < 4.78 is 12.9. The third-order valence-corrected chi connectivity index (χ3v) is 4.54. The van der Waals surface area contributed by atoms with Gasteiger partial charge in [0.2, 0.25) is 5.91 Å². The van der Waals surface area contributed by atoms with Crippen molar-refractivity contribution in [3.8, 4) is 0 Å². The molecule has 0 saturated carbocycles. The fraction of sp³-hybridized carbons (Fsp3) is 0.368. The first-order chi connectivity index (χ1) is 13.0. The summed E-state index contributed by atoms with van der Waals surface area (Å²) in [5.74, 6) is 0.202. The number of carbonyl (C=O) groups is 2. The Morgan fingerprint density at radius 2 is 1.74 bits per heavy atom. The number of rotatable bonds is 5. The molecule has 1 fully saturated rings. The van der Waals surface area contributed by atoms with Crippen LogP contribution in [0.15, 0.2) is 36.4 Å². The normalized spacial score (nSPS) is 14.1. The Bertz CT molecular complexity index is 787. The topological polar surface area (TPSA) is 78.4 Å². The summed E-state index contributed by atoms with van der Waals surface area (Å²) in [7, 11) is 0. The standard InChI is InChI=1S/C19H22FN5O2/c1-14(26)24-10-12-25(13-11-24)18-7-6-17(22-23-18)19(27)21-9-8-15-2-4-16(20)5-3-15/h2-7H,8-13H2,1H3,(H,21,27). The third kappa shape index (κ3) is 4.99. The van der Waals surface area contributed by atoms with Crippen LogP contribution in [-0.4, -0.2) is 59.6 Å². The van der Waals surface area contributed by atoms with Gasteiger partial charge in [0, 0.05) is 39.6 Å². The number of aromatic nitrogens is 2. The second kappa shape index (κ2) is 8.57. The van der Waals surface area contributed by atoms with Crippen molar-refractivity contribution in [2.24, 2.45) is 0 Å². The molecular weight excluding hydrogens is 349 g/mol. The van der Waals surface area contributed by atoms with Crippen molar-refractivity contribution in [2.45, 2.75) is 13.3 Å². The lowest BCUT2D eigenvalue weighted by atomic mass is 10.1. The Balaban J connectivity index is 1.48. The predicted molar refractivity (Wildman–Crippen MR) is 98.9 cm³/mol. The Kier molecular flexibility index (Phi) is 5.95. The Hall–Kier alpha value is -3.03. The number of nitrogens with one attached hydrogen (secondary N) is 1. The minimum absolute atomic E-state index is 0.0772.